The number of hydrazone groups is 1. The Bertz CT molecular complexity index is 1180. The van der Waals surface area contributed by atoms with Crippen molar-refractivity contribution < 1.29 is 18.4 Å². The first kappa shape index (κ1) is 20.5. The minimum absolute atomic E-state index is 0.242. The highest BCUT2D eigenvalue weighted by Gasteiger charge is 2.28. The Labute approximate surface area is 179 Å². The number of amides is 2. The monoisotopic (exact) mass is 419 g/mol. The number of rotatable bonds is 4. The maximum Gasteiger partial charge on any atom is 0.291 e. The molecule has 0 radical (unpaired) electrons. The van der Waals surface area contributed by atoms with Gasteiger partial charge in [0.15, 0.2) is 5.76 Å². The summed E-state index contributed by atoms with van der Waals surface area (Å²) in [6.07, 6.45) is 2.14. The van der Waals surface area contributed by atoms with Gasteiger partial charge in [0.1, 0.15) is 11.6 Å². The van der Waals surface area contributed by atoms with Crippen molar-refractivity contribution in [3.8, 4) is 0 Å². The van der Waals surface area contributed by atoms with Gasteiger partial charge in [-0.15, -0.1) is 0 Å². The second-order valence-electron chi connectivity index (χ2n) is 7.54. The number of hydrogen-bond acceptors (Lipinski definition) is 4. The Morgan fingerprint density at radius 3 is 2.55 bits per heavy atom. The van der Waals surface area contributed by atoms with Crippen molar-refractivity contribution in [2.24, 2.45) is 5.10 Å². The highest BCUT2D eigenvalue weighted by Crippen LogP contribution is 2.30. The molecule has 2 amide bonds. The molecule has 0 fully saturated rings. The summed E-state index contributed by atoms with van der Waals surface area (Å²) >= 11 is 0. The highest BCUT2D eigenvalue weighted by atomic mass is 19.1. The molecule has 0 atom stereocenters. The molecule has 0 saturated carbocycles. The first-order valence-corrected chi connectivity index (χ1v) is 10.1. The maximum atomic E-state index is 13.1. The average Bonchev–Trinajstić information content (AvgIpc) is 3.10. The van der Waals surface area contributed by atoms with Gasteiger partial charge in [0.25, 0.3) is 11.8 Å². The van der Waals surface area contributed by atoms with E-state index in [1.54, 1.807) is 0 Å². The number of benzene rings is 2. The third-order valence-corrected chi connectivity index (χ3v) is 5.21. The second-order valence-corrected chi connectivity index (χ2v) is 7.54. The molecule has 0 saturated heterocycles. The van der Waals surface area contributed by atoms with Gasteiger partial charge in [-0.25, -0.2) is 9.82 Å². The van der Waals surface area contributed by atoms with Crippen LogP contribution < -0.4 is 10.7 Å². The Balaban J connectivity index is 1.56. The van der Waals surface area contributed by atoms with Crippen LogP contribution in [-0.4, -0.2) is 17.5 Å². The van der Waals surface area contributed by atoms with E-state index in [4.69, 9.17) is 4.42 Å². The number of nitrogens with one attached hydrogen (secondary N) is 2. The molecule has 31 heavy (non-hydrogen) atoms. The van der Waals surface area contributed by atoms with Gasteiger partial charge >= 0.3 is 0 Å². The minimum atomic E-state index is -0.432. The maximum absolute atomic E-state index is 13.1. The summed E-state index contributed by atoms with van der Waals surface area (Å²) in [5.74, 6) is -0.241. The van der Waals surface area contributed by atoms with Crippen molar-refractivity contribution in [2.75, 3.05) is 5.32 Å². The standard InChI is InChI=1S/C24H22FN3O3/c1-14-5-3-6-18(13-14)26-24(30)22-15(2)21-19(7-4-8-20(21)31-22)27-28-23(29)16-9-11-17(25)12-10-16/h3,5-6,9-13H,4,7-8H2,1-2H3,(H,26,30)(H,28,29)/b27-19+. The number of halogens is 1. The van der Waals surface area contributed by atoms with E-state index in [0.29, 0.717) is 41.1 Å². The Kier molecular flexibility index (Phi) is 5.66. The number of hydrogen-bond donors (Lipinski definition) is 2. The molecule has 1 aliphatic rings. The van der Waals surface area contributed by atoms with Gasteiger partial charge in [0, 0.05) is 28.8 Å². The summed E-state index contributed by atoms with van der Waals surface area (Å²) in [6.45, 7) is 3.77. The summed E-state index contributed by atoms with van der Waals surface area (Å²) < 4.78 is 18.9. The van der Waals surface area contributed by atoms with Crippen LogP contribution in [0.15, 0.2) is 58.0 Å². The quantitative estimate of drug-likeness (QED) is 0.598. The average molecular weight is 419 g/mol. The van der Waals surface area contributed by atoms with Crippen LogP contribution in [-0.2, 0) is 6.42 Å². The number of anilines is 1. The van der Waals surface area contributed by atoms with Gasteiger partial charge in [0.2, 0.25) is 0 Å². The highest BCUT2D eigenvalue weighted by molar-refractivity contribution is 6.09. The number of fused-ring (bicyclic) bond motifs is 1. The Morgan fingerprint density at radius 2 is 1.81 bits per heavy atom. The molecule has 1 heterocycles. The van der Waals surface area contributed by atoms with Crippen LogP contribution in [0.4, 0.5) is 10.1 Å². The van der Waals surface area contributed by atoms with Gasteiger partial charge in [0.05, 0.1) is 5.71 Å². The largest absolute Gasteiger partial charge is 0.455 e. The molecular formula is C24H22FN3O3. The van der Waals surface area contributed by atoms with Crippen LogP contribution in [0.2, 0.25) is 0 Å². The molecule has 1 aromatic heterocycles. The molecular weight excluding hydrogens is 397 g/mol. The third kappa shape index (κ3) is 4.40. The molecule has 2 aromatic carbocycles. The number of aryl methyl sites for hydroxylation is 2. The van der Waals surface area contributed by atoms with Crippen molar-refractivity contribution in [3.63, 3.8) is 0 Å². The molecule has 0 bridgehead atoms. The van der Waals surface area contributed by atoms with Gasteiger partial charge < -0.3 is 9.73 Å². The summed E-state index contributed by atoms with van der Waals surface area (Å²) in [6, 6.07) is 12.8. The zero-order valence-electron chi connectivity index (χ0n) is 17.3. The zero-order valence-corrected chi connectivity index (χ0v) is 17.3. The second kappa shape index (κ2) is 8.55. The van der Waals surface area contributed by atoms with E-state index >= 15 is 0 Å². The lowest BCUT2D eigenvalue weighted by molar-refractivity contribution is 0.0953. The van der Waals surface area contributed by atoms with E-state index in [1.807, 2.05) is 38.1 Å². The topological polar surface area (TPSA) is 83.7 Å². The van der Waals surface area contributed by atoms with Gasteiger partial charge in [-0.2, -0.15) is 5.10 Å². The fourth-order valence-corrected chi connectivity index (χ4v) is 3.69. The van der Waals surface area contributed by atoms with Crippen LogP contribution in [0.25, 0.3) is 0 Å². The number of nitrogens with zero attached hydrogens (tertiary/aromatic N) is 1. The number of furan rings is 1. The van der Waals surface area contributed by atoms with Crippen molar-refractivity contribution >= 4 is 23.2 Å². The molecule has 2 N–H and O–H groups in total. The zero-order chi connectivity index (χ0) is 22.0. The van der Waals surface area contributed by atoms with E-state index in [0.717, 1.165) is 17.5 Å². The minimum Gasteiger partial charge on any atom is -0.455 e. The molecule has 0 spiro atoms. The molecule has 3 aromatic rings. The molecule has 1 aliphatic carbocycles. The number of carbonyl (C=O) groups excluding carboxylic acids is 2. The third-order valence-electron chi connectivity index (χ3n) is 5.21. The van der Waals surface area contributed by atoms with E-state index in [1.165, 1.54) is 24.3 Å². The fraction of sp³-hybridized carbons (Fsp3) is 0.208. The van der Waals surface area contributed by atoms with Crippen molar-refractivity contribution in [1.29, 1.82) is 0 Å². The van der Waals surface area contributed by atoms with Crippen LogP contribution in [0.5, 0.6) is 0 Å². The number of carbonyl (C=O) groups is 2. The predicted molar refractivity (Wildman–Crippen MR) is 116 cm³/mol. The predicted octanol–water partition coefficient (Wildman–Crippen LogP) is 4.76. The van der Waals surface area contributed by atoms with E-state index < -0.39 is 11.7 Å². The van der Waals surface area contributed by atoms with Crippen LogP contribution in [0, 0.1) is 19.7 Å². The van der Waals surface area contributed by atoms with Gasteiger partial charge in [-0.05, 0) is 68.7 Å². The van der Waals surface area contributed by atoms with E-state index in [9.17, 15) is 14.0 Å². The summed E-state index contributed by atoms with van der Waals surface area (Å²) in [5.41, 5.74) is 6.68. The Hall–Kier alpha value is -3.74. The van der Waals surface area contributed by atoms with Crippen LogP contribution in [0.3, 0.4) is 0 Å². The summed E-state index contributed by atoms with van der Waals surface area (Å²) in [4.78, 5) is 25.1. The van der Waals surface area contributed by atoms with Crippen molar-refractivity contribution in [3.05, 3.63) is 88.1 Å². The lowest BCUT2D eigenvalue weighted by Crippen LogP contribution is -2.22. The van der Waals surface area contributed by atoms with E-state index in [-0.39, 0.29) is 11.7 Å². The fourth-order valence-electron chi connectivity index (χ4n) is 3.69. The molecule has 0 unspecified atom stereocenters. The lowest BCUT2D eigenvalue weighted by Gasteiger charge is -2.13. The normalized spacial score (nSPS) is 14.2. The molecule has 0 aliphatic heterocycles. The van der Waals surface area contributed by atoms with Crippen LogP contribution in [0.1, 0.15) is 56.2 Å². The van der Waals surface area contributed by atoms with Crippen LogP contribution >= 0.6 is 0 Å². The van der Waals surface area contributed by atoms with Gasteiger partial charge in [-0.3, -0.25) is 9.59 Å². The first-order valence-electron chi connectivity index (χ1n) is 10.1. The Morgan fingerprint density at radius 1 is 1.03 bits per heavy atom. The van der Waals surface area contributed by atoms with Crippen molar-refractivity contribution in [2.45, 2.75) is 33.1 Å². The SMILES string of the molecule is Cc1cccc(NC(=O)c2oc3c(c2C)/C(=N/NC(=O)c2ccc(F)cc2)CCC3)c1. The molecule has 6 nitrogen and oxygen atoms in total. The summed E-state index contributed by atoms with van der Waals surface area (Å²) in [7, 11) is 0. The summed E-state index contributed by atoms with van der Waals surface area (Å²) in [5, 5.41) is 7.15. The lowest BCUT2D eigenvalue weighted by atomic mass is 9.93. The molecule has 158 valence electrons. The van der Waals surface area contributed by atoms with Gasteiger partial charge in [-0.1, -0.05) is 12.1 Å². The van der Waals surface area contributed by atoms with E-state index in [2.05, 4.69) is 15.8 Å². The molecule has 7 heteroatoms. The van der Waals surface area contributed by atoms with Crippen molar-refractivity contribution in [1.82, 2.24) is 5.43 Å². The molecule has 4 rings (SSSR count). The first-order chi connectivity index (χ1) is 14.9. The smallest absolute Gasteiger partial charge is 0.291 e.